The van der Waals surface area contributed by atoms with Crippen molar-refractivity contribution in [1.82, 2.24) is 0 Å². The van der Waals surface area contributed by atoms with Gasteiger partial charge in [-0.05, 0) is 13.8 Å². The molecule has 0 aromatic rings. The number of esters is 2. The lowest BCUT2D eigenvalue weighted by Crippen LogP contribution is -2.31. The first kappa shape index (κ1) is 13.2. The average Bonchev–Trinajstić information content (AvgIpc) is 2.16. The molecule has 0 aliphatic rings. The van der Waals surface area contributed by atoms with E-state index >= 15 is 0 Å². The summed E-state index contributed by atoms with van der Waals surface area (Å²) in [6, 6.07) is 0. The van der Waals surface area contributed by atoms with Crippen LogP contribution in [0.15, 0.2) is 12.7 Å². The zero-order valence-corrected chi connectivity index (χ0v) is 8.43. The molecule has 6 nitrogen and oxygen atoms in total. The first-order valence-electron chi connectivity index (χ1n) is 4.14. The molecule has 0 radical (unpaired) electrons. The van der Waals surface area contributed by atoms with Crippen molar-refractivity contribution in [3.8, 4) is 0 Å². The molecule has 0 aliphatic carbocycles. The number of carboxylic acids is 1. The molecule has 0 aliphatic heterocycles. The molecule has 0 rings (SSSR count). The van der Waals surface area contributed by atoms with Crippen LogP contribution in [0.4, 0.5) is 0 Å². The molecule has 0 fully saturated rings. The summed E-state index contributed by atoms with van der Waals surface area (Å²) in [5.41, 5.74) is 0. The molecule has 84 valence electrons. The van der Waals surface area contributed by atoms with Gasteiger partial charge >= 0.3 is 17.9 Å². The van der Waals surface area contributed by atoms with Crippen LogP contribution in [0.1, 0.15) is 13.8 Å². The number of carbonyl (C=O) groups is 3. The molecule has 6 heteroatoms. The maximum absolute atomic E-state index is 11.1. The number of hydrogen-bond donors (Lipinski definition) is 1. The van der Waals surface area contributed by atoms with E-state index < -0.39 is 30.1 Å². The maximum atomic E-state index is 11.1. The molecule has 0 bridgehead atoms. The summed E-state index contributed by atoms with van der Waals surface area (Å²) >= 11 is 0. The van der Waals surface area contributed by atoms with Gasteiger partial charge in [0, 0.05) is 6.08 Å². The predicted octanol–water partition coefficient (Wildman–Crippen LogP) is 0.120. The van der Waals surface area contributed by atoms with Crippen LogP contribution in [-0.2, 0) is 23.9 Å². The number of rotatable bonds is 5. The van der Waals surface area contributed by atoms with Crippen LogP contribution < -0.4 is 0 Å². The summed E-state index contributed by atoms with van der Waals surface area (Å²) in [7, 11) is 0. The quantitative estimate of drug-likeness (QED) is 0.518. The van der Waals surface area contributed by atoms with Crippen LogP contribution in [0.2, 0.25) is 0 Å². The van der Waals surface area contributed by atoms with Crippen LogP contribution in [0.5, 0.6) is 0 Å². The lowest BCUT2D eigenvalue weighted by atomic mass is 10.4. The van der Waals surface area contributed by atoms with E-state index in [2.05, 4.69) is 16.1 Å². The SMILES string of the molecule is C=CC(=O)OC(C)C(=O)OC(C)C(=O)O. The normalized spacial score (nSPS) is 13.5. The summed E-state index contributed by atoms with van der Waals surface area (Å²) in [6.45, 7) is 5.61. The molecular formula is C9H12O6. The summed E-state index contributed by atoms with van der Waals surface area (Å²) in [4.78, 5) is 32.1. The Kier molecular flexibility index (Phi) is 5.08. The lowest BCUT2D eigenvalue weighted by molar-refractivity contribution is -0.173. The van der Waals surface area contributed by atoms with Gasteiger partial charge in [0.25, 0.3) is 0 Å². The summed E-state index contributed by atoms with van der Waals surface area (Å²) < 4.78 is 8.99. The molecule has 0 saturated carbocycles. The second-order valence-corrected chi connectivity index (χ2v) is 2.70. The topological polar surface area (TPSA) is 89.9 Å². The predicted molar refractivity (Wildman–Crippen MR) is 48.9 cm³/mol. The van der Waals surface area contributed by atoms with Crippen molar-refractivity contribution < 1.29 is 29.0 Å². The Morgan fingerprint density at radius 3 is 2.13 bits per heavy atom. The molecule has 15 heavy (non-hydrogen) atoms. The molecule has 0 aromatic heterocycles. The van der Waals surface area contributed by atoms with E-state index in [1.54, 1.807) is 0 Å². The van der Waals surface area contributed by atoms with Crippen molar-refractivity contribution in [2.75, 3.05) is 0 Å². The van der Waals surface area contributed by atoms with E-state index in [1.807, 2.05) is 0 Å². The Morgan fingerprint density at radius 2 is 1.73 bits per heavy atom. The Labute approximate surface area is 86.5 Å². The Morgan fingerprint density at radius 1 is 1.20 bits per heavy atom. The second kappa shape index (κ2) is 5.79. The summed E-state index contributed by atoms with van der Waals surface area (Å²) in [5, 5.41) is 8.44. The van der Waals surface area contributed by atoms with E-state index in [4.69, 9.17) is 5.11 Å². The fourth-order valence-electron chi connectivity index (χ4n) is 0.591. The van der Waals surface area contributed by atoms with Gasteiger partial charge in [0.05, 0.1) is 0 Å². The number of hydrogen-bond acceptors (Lipinski definition) is 5. The van der Waals surface area contributed by atoms with Crippen LogP contribution in [0.25, 0.3) is 0 Å². The van der Waals surface area contributed by atoms with Gasteiger partial charge in [0.2, 0.25) is 0 Å². The standard InChI is InChI=1S/C9H12O6/c1-4-7(10)14-6(3)9(13)15-5(2)8(11)12/h4-6H,1H2,2-3H3,(H,11,12). The highest BCUT2D eigenvalue weighted by molar-refractivity contribution is 5.85. The van der Waals surface area contributed by atoms with Gasteiger partial charge in [-0.1, -0.05) is 6.58 Å². The molecule has 2 atom stereocenters. The molecule has 0 spiro atoms. The average molecular weight is 216 g/mol. The van der Waals surface area contributed by atoms with Crippen molar-refractivity contribution in [2.45, 2.75) is 26.1 Å². The molecule has 0 aromatic carbocycles. The molecular weight excluding hydrogens is 204 g/mol. The van der Waals surface area contributed by atoms with E-state index in [0.29, 0.717) is 0 Å². The fourth-order valence-corrected chi connectivity index (χ4v) is 0.591. The van der Waals surface area contributed by atoms with Gasteiger partial charge in [0.1, 0.15) is 0 Å². The number of carbonyl (C=O) groups excluding carboxylic acids is 2. The third-order valence-electron chi connectivity index (χ3n) is 1.43. The van der Waals surface area contributed by atoms with Gasteiger partial charge in [-0.25, -0.2) is 14.4 Å². The number of ether oxygens (including phenoxy) is 2. The molecule has 2 unspecified atom stereocenters. The lowest BCUT2D eigenvalue weighted by Gasteiger charge is -2.13. The van der Waals surface area contributed by atoms with Crippen LogP contribution >= 0.6 is 0 Å². The first-order valence-corrected chi connectivity index (χ1v) is 4.14. The molecule has 0 saturated heterocycles. The Hall–Kier alpha value is -1.85. The van der Waals surface area contributed by atoms with Crippen molar-refractivity contribution in [2.24, 2.45) is 0 Å². The smallest absolute Gasteiger partial charge is 0.348 e. The van der Waals surface area contributed by atoms with Crippen molar-refractivity contribution in [3.63, 3.8) is 0 Å². The van der Waals surface area contributed by atoms with Crippen molar-refractivity contribution in [1.29, 1.82) is 0 Å². The third-order valence-corrected chi connectivity index (χ3v) is 1.43. The molecule has 0 heterocycles. The van der Waals surface area contributed by atoms with E-state index in [0.717, 1.165) is 6.08 Å². The minimum atomic E-state index is -1.28. The monoisotopic (exact) mass is 216 g/mol. The summed E-state index contributed by atoms with van der Waals surface area (Å²) in [6.07, 6.45) is -1.54. The minimum Gasteiger partial charge on any atom is -0.479 e. The van der Waals surface area contributed by atoms with E-state index in [9.17, 15) is 14.4 Å². The van der Waals surface area contributed by atoms with Gasteiger partial charge in [-0.15, -0.1) is 0 Å². The number of carboxylic acid groups (broad SMARTS) is 1. The van der Waals surface area contributed by atoms with Crippen LogP contribution in [0, 0.1) is 0 Å². The number of aliphatic carboxylic acids is 1. The first-order chi connectivity index (χ1) is 6.88. The van der Waals surface area contributed by atoms with Crippen LogP contribution in [0.3, 0.4) is 0 Å². The highest BCUT2D eigenvalue weighted by atomic mass is 16.6. The fraction of sp³-hybridized carbons (Fsp3) is 0.444. The van der Waals surface area contributed by atoms with Gasteiger partial charge < -0.3 is 14.6 Å². The highest BCUT2D eigenvalue weighted by Crippen LogP contribution is 2.00. The van der Waals surface area contributed by atoms with Crippen molar-refractivity contribution in [3.05, 3.63) is 12.7 Å². The van der Waals surface area contributed by atoms with Gasteiger partial charge in [-0.2, -0.15) is 0 Å². The van der Waals surface area contributed by atoms with Gasteiger partial charge in [-0.3, -0.25) is 0 Å². The maximum Gasteiger partial charge on any atom is 0.348 e. The zero-order chi connectivity index (χ0) is 12.0. The second-order valence-electron chi connectivity index (χ2n) is 2.70. The Bertz CT molecular complexity index is 282. The minimum absolute atomic E-state index is 0.776. The third kappa shape index (κ3) is 4.80. The summed E-state index contributed by atoms with van der Waals surface area (Å²) in [5.74, 6) is -2.96. The Balaban J connectivity index is 4.15. The van der Waals surface area contributed by atoms with E-state index in [1.165, 1.54) is 13.8 Å². The zero-order valence-electron chi connectivity index (χ0n) is 8.43. The van der Waals surface area contributed by atoms with Crippen molar-refractivity contribution >= 4 is 17.9 Å². The van der Waals surface area contributed by atoms with Gasteiger partial charge in [0.15, 0.2) is 12.2 Å². The highest BCUT2D eigenvalue weighted by Gasteiger charge is 2.23. The molecule has 1 N–H and O–H groups in total. The largest absolute Gasteiger partial charge is 0.479 e. The van der Waals surface area contributed by atoms with Crippen LogP contribution in [-0.4, -0.2) is 35.2 Å². The molecule has 0 amide bonds. The van der Waals surface area contributed by atoms with E-state index in [-0.39, 0.29) is 0 Å².